The lowest BCUT2D eigenvalue weighted by molar-refractivity contribution is -0.133. The molecule has 1 amide bonds. The average molecular weight is 247 g/mol. The molecule has 94 valence electrons. The summed E-state index contributed by atoms with van der Waals surface area (Å²) < 4.78 is 22.0. The van der Waals surface area contributed by atoms with Gasteiger partial charge in [0.15, 0.2) is 0 Å². The summed E-state index contributed by atoms with van der Waals surface area (Å²) in [5.41, 5.74) is 0. The van der Waals surface area contributed by atoms with E-state index in [1.165, 1.54) is 6.26 Å². The van der Waals surface area contributed by atoms with Gasteiger partial charge < -0.3 is 4.90 Å². The van der Waals surface area contributed by atoms with Crippen molar-refractivity contribution in [3.8, 4) is 0 Å². The van der Waals surface area contributed by atoms with Gasteiger partial charge in [-0.3, -0.25) is 4.79 Å². The van der Waals surface area contributed by atoms with Crippen molar-refractivity contribution in [2.24, 2.45) is 0 Å². The van der Waals surface area contributed by atoms with Crippen molar-refractivity contribution < 1.29 is 13.2 Å². The number of rotatable bonds is 4. The van der Waals surface area contributed by atoms with E-state index in [1.54, 1.807) is 0 Å². The highest BCUT2D eigenvalue weighted by molar-refractivity contribution is 7.90. The summed E-state index contributed by atoms with van der Waals surface area (Å²) >= 11 is 0. The lowest BCUT2D eigenvalue weighted by atomic mass is 10.1. The molecule has 0 spiro atoms. The largest absolute Gasteiger partial charge is 0.337 e. The molecular weight excluding hydrogens is 226 g/mol. The van der Waals surface area contributed by atoms with Gasteiger partial charge in [0.2, 0.25) is 5.91 Å². The van der Waals surface area contributed by atoms with Gasteiger partial charge in [0.05, 0.1) is 5.75 Å². The number of nitrogens with zero attached hydrogens (tertiary/aromatic N) is 1. The van der Waals surface area contributed by atoms with E-state index in [2.05, 4.69) is 6.92 Å². The van der Waals surface area contributed by atoms with Crippen LogP contribution in [-0.2, 0) is 14.6 Å². The fourth-order valence-corrected chi connectivity index (χ4v) is 2.87. The summed E-state index contributed by atoms with van der Waals surface area (Å²) in [5.74, 6) is -0.0480. The molecule has 1 rings (SSSR count). The van der Waals surface area contributed by atoms with E-state index >= 15 is 0 Å². The van der Waals surface area contributed by atoms with Crippen molar-refractivity contribution >= 4 is 15.7 Å². The van der Waals surface area contributed by atoms with E-state index < -0.39 is 9.84 Å². The normalized spacial score (nSPS) is 26.1. The Morgan fingerprint density at radius 2 is 2.00 bits per heavy atom. The maximum atomic E-state index is 11.9. The number of hydrogen-bond acceptors (Lipinski definition) is 3. The smallest absolute Gasteiger partial charge is 0.224 e. The van der Waals surface area contributed by atoms with Crippen LogP contribution in [0.15, 0.2) is 0 Å². The van der Waals surface area contributed by atoms with Gasteiger partial charge in [-0.2, -0.15) is 0 Å². The van der Waals surface area contributed by atoms with Crippen LogP contribution in [-0.4, -0.2) is 43.3 Å². The van der Waals surface area contributed by atoms with Crippen LogP contribution in [0, 0.1) is 0 Å². The molecule has 5 heteroatoms. The summed E-state index contributed by atoms with van der Waals surface area (Å²) in [6, 6.07) is 0.569. The number of likely N-dealkylation sites (tertiary alicyclic amines) is 1. The van der Waals surface area contributed by atoms with E-state index in [0.29, 0.717) is 6.04 Å². The zero-order chi connectivity index (χ0) is 12.3. The Bertz CT molecular complexity index is 350. The minimum Gasteiger partial charge on any atom is -0.337 e. The quantitative estimate of drug-likeness (QED) is 0.750. The maximum Gasteiger partial charge on any atom is 0.224 e. The van der Waals surface area contributed by atoms with E-state index in [1.807, 2.05) is 11.8 Å². The van der Waals surface area contributed by atoms with Gasteiger partial charge >= 0.3 is 0 Å². The molecule has 0 bridgehead atoms. The second kappa shape index (κ2) is 5.17. The summed E-state index contributed by atoms with van der Waals surface area (Å²) in [6.07, 6.45) is 4.32. The molecule has 1 aliphatic heterocycles. The number of hydrogen-bond donors (Lipinski definition) is 0. The first kappa shape index (κ1) is 13.5. The molecule has 1 fully saturated rings. The number of amides is 1. The molecule has 0 saturated carbocycles. The molecule has 1 saturated heterocycles. The third kappa shape index (κ3) is 3.47. The molecule has 1 aliphatic rings. The molecular formula is C11H21NO3S. The fourth-order valence-electron chi connectivity index (χ4n) is 2.32. The third-order valence-corrected chi connectivity index (χ3v) is 4.18. The first-order chi connectivity index (χ1) is 7.35. The van der Waals surface area contributed by atoms with Gasteiger partial charge in [-0.1, -0.05) is 6.92 Å². The lowest BCUT2D eigenvalue weighted by Gasteiger charge is -2.28. The SMILES string of the molecule is CCC1CCC(C)N1C(=O)CCS(C)(=O)=O. The van der Waals surface area contributed by atoms with E-state index in [4.69, 9.17) is 0 Å². The Labute approximate surface area is 97.9 Å². The van der Waals surface area contributed by atoms with E-state index in [0.717, 1.165) is 19.3 Å². The second-order valence-corrected chi connectivity index (χ2v) is 6.93. The lowest BCUT2D eigenvalue weighted by Crippen LogP contribution is -2.40. The van der Waals surface area contributed by atoms with Crippen LogP contribution in [0.25, 0.3) is 0 Å². The van der Waals surface area contributed by atoms with Crippen molar-refractivity contribution in [1.82, 2.24) is 4.90 Å². The number of carbonyl (C=O) groups is 1. The summed E-state index contributed by atoms with van der Waals surface area (Å²) in [5, 5.41) is 0. The second-order valence-electron chi connectivity index (χ2n) is 4.67. The summed E-state index contributed by atoms with van der Waals surface area (Å²) in [6.45, 7) is 4.10. The Balaban J connectivity index is 2.58. The van der Waals surface area contributed by atoms with Crippen LogP contribution in [0.2, 0.25) is 0 Å². The zero-order valence-electron chi connectivity index (χ0n) is 10.3. The molecule has 1 heterocycles. The van der Waals surface area contributed by atoms with Crippen molar-refractivity contribution in [3.05, 3.63) is 0 Å². The maximum absolute atomic E-state index is 11.9. The Hall–Kier alpha value is -0.580. The van der Waals surface area contributed by atoms with Crippen LogP contribution in [0.4, 0.5) is 0 Å². The van der Waals surface area contributed by atoms with Crippen LogP contribution in [0.3, 0.4) is 0 Å². The Morgan fingerprint density at radius 3 is 2.50 bits per heavy atom. The molecule has 4 nitrogen and oxygen atoms in total. The molecule has 0 N–H and O–H groups in total. The standard InChI is InChI=1S/C11H21NO3S/c1-4-10-6-5-9(2)12(10)11(13)7-8-16(3,14)15/h9-10H,4-8H2,1-3H3. The Morgan fingerprint density at radius 1 is 1.38 bits per heavy atom. The van der Waals surface area contributed by atoms with Crippen LogP contribution < -0.4 is 0 Å². The molecule has 2 unspecified atom stereocenters. The first-order valence-electron chi connectivity index (χ1n) is 5.84. The van der Waals surface area contributed by atoms with Gasteiger partial charge in [-0.25, -0.2) is 8.42 Å². The van der Waals surface area contributed by atoms with Crippen molar-refractivity contribution in [1.29, 1.82) is 0 Å². The topological polar surface area (TPSA) is 54.5 Å². The average Bonchev–Trinajstić information content (AvgIpc) is 2.55. The van der Waals surface area contributed by atoms with Crippen LogP contribution in [0.1, 0.15) is 39.5 Å². The molecule has 0 aromatic heterocycles. The number of sulfone groups is 1. The highest BCUT2D eigenvalue weighted by Gasteiger charge is 2.32. The van der Waals surface area contributed by atoms with Crippen molar-refractivity contribution in [3.63, 3.8) is 0 Å². The minimum atomic E-state index is -3.04. The molecule has 0 radical (unpaired) electrons. The fraction of sp³-hybridized carbons (Fsp3) is 0.909. The predicted molar refractivity (Wildman–Crippen MR) is 63.9 cm³/mol. The van der Waals surface area contributed by atoms with Crippen molar-refractivity contribution in [2.45, 2.75) is 51.6 Å². The highest BCUT2D eigenvalue weighted by Crippen LogP contribution is 2.26. The molecule has 0 aliphatic carbocycles. The first-order valence-corrected chi connectivity index (χ1v) is 7.90. The summed E-state index contributed by atoms with van der Waals surface area (Å²) in [4.78, 5) is 13.8. The van der Waals surface area contributed by atoms with Crippen LogP contribution >= 0.6 is 0 Å². The Kier molecular flexibility index (Phi) is 4.35. The van der Waals surface area contributed by atoms with Gasteiger partial charge in [0.1, 0.15) is 9.84 Å². The molecule has 0 aromatic rings. The molecule has 16 heavy (non-hydrogen) atoms. The van der Waals surface area contributed by atoms with E-state index in [9.17, 15) is 13.2 Å². The molecule has 2 atom stereocenters. The van der Waals surface area contributed by atoms with Crippen LogP contribution in [0.5, 0.6) is 0 Å². The summed E-state index contributed by atoms with van der Waals surface area (Å²) in [7, 11) is -3.04. The monoisotopic (exact) mass is 247 g/mol. The van der Waals surface area contributed by atoms with Gasteiger partial charge in [-0.05, 0) is 26.2 Å². The highest BCUT2D eigenvalue weighted by atomic mass is 32.2. The van der Waals surface area contributed by atoms with Gasteiger partial charge in [-0.15, -0.1) is 0 Å². The van der Waals surface area contributed by atoms with Gasteiger partial charge in [0, 0.05) is 24.8 Å². The van der Waals surface area contributed by atoms with E-state index in [-0.39, 0.29) is 24.1 Å². The minimum absolute atomic E-state index is 0.0118. The predicted octanol–water partition coefficient (Wildman–Crippen LogP) is 1.21. The molecule has 0 aromatic carbocycles. The third-order valence-electron chi connectivity index (χ3n) is 3.23. The van der Waals surface area contributed by atoms with Crippen molar-refractivity contribution in [2.75, 3.05) is 12.0 Å². The number of carbonyl (C=O) groups excluding carboxylic acids is 1. The van der Waals surface area contributed by atoms with Gasteiger partial charge in [0.25, 0.3) is 0 Å². The zero-order valence-corrected chi connectivity index (χ0v) is 11.1.